The first-order chi connectivity index (χ1) is 8.54. The fourth-order valence-corrected chi connectivity index (χ4v) is 2.28. The lowest BCUT2D eigenvalue weighted by Crippen LogP contribution is -2.36. The van der Waals surface area contributed by atoms with Gasteiger partial charge in [-0.1, -0.05) is 29.8 Å². The van der Waals surface area contributed by atoms with Crippen LogP contribution >= 0.6 is 0 Å². The van der Waals surface area contributed by atoms with Gasteiger partial charge in [-0.05, 0) is 19.4 Å². The Kier molecular flexibility index (Phi) is 6.01. The Morgan fingerprint density at radius 1 is 1.39 bits per heavy atom. The molecule has 2 unspecified atom stereocenters. The van der Waals surface area contributed by atoms with Crippen LogP contribution in [0, 0.1) is 6.92 Å². The fourth-order valence-electron chi connectivity index (χ4n) is 1.42. The van der Waals surface area contributed by atoms with Crippen molar-refractivity contribution < 1.29 is 14.1 Å². The van der Waals surface area contributed by atoms with E-state index in [4.69, 9.17) is 5.11 Å². The summed E-state index contributed by atoms with van der Waals surface area (Å²) in [4.78, 5) is 11.7. The molecule has 0 aliphatic heterocycles. The molecule has 0 saturated heterocycles. The maximum Gasteiger partial charge on any atom is 0.235 e. The van der Waals surface area contributed by atoms with E-state index in [1.54, 1.807) is 6.92 Å². The largest absolute Gasteiger partial charge is 0.395 e. The molecule has 0 bridgehead atoms. The second-order valence-corrected chi connectivity index (χ2v) is 6.03. The average Bonchev–Trinajstić information content (AvgIpc) is 2.37. The van der Waals surface area contributed by atoms with Crippen molar-refractivity contribution in [3.05, 3.63) is 35.4 Å². The normalized spacial score (nSPS) is 13.9. The van der Waals surface area contributed by atoms with Gasteiger partial charge in [0.15, 0.2) is 0 Å². The van der Waals surface area contributed by atoms with E-state index in [9.17, 15) is 9.00 Å². The van der Waals surface area contributed by atoms with Crippen LogP contribution in [0.2, 0.25) is 0 Å². The molecule has 0 aromatic heterocycles. The zero-order valence-corrected chi connectivity index (χ0v) is 11.5. The number of amides is 1. The summed E-state index contributed by atoms with van der Waals surface area (Å²) in [6.45, 7) is 3.88. The van der Waals surface area contributed by atoms with Crippen molar-refractivity contribution in [3.63, 3.8) is 0 Å². The summed E-state index contributed by atoms with van der Waals surface area (Å²) in [7, 11) is -1.32. The quantitative estimate of drug-likeness (QED) is 0.800. The number of carbonyl (C=O) groups excluding carboxylic acids is 1. The van der Waals surface area contributed by atoms with Crippen LogP contribution in [-0.4, -0.2) is 32.8 Å². The first kappa shape index (κ1) is 14.9. The number of hydrogen-bond acceptors (Lipinski definition) is 3. The van der Waals surface area contributed by atoms with E-state index in [-0.39, 0.29) is 18.3 Å². The predicted molar refractivity (Wildman–Crippen MR) is 72.6 cm³/mol. The van der Waals surface area contributed by atoms with Crippen molar-refractivity contribution in [2.75, 3.05) is 12.4 Å². The van der Waals surface area contributed by atoms with Crippen molar-refractivity contribution in [2.45, 2.75) is 25.6 Å². The third-order valence-electron chi connectivity index (χ3n) is 2.64. The summed E-state index contributed by atoms with van der Waals surface area (Å²) in [5.41, 5.74) is 2.18. The molecule has 0 saturated carbocycles. The molecule has 0 fully saturated rings. The van der Waals surface area contributed by atoms with Crippen LogP contribution in [0.1, 0.15) is 18.1 Å². The summed E-state index contributed by atoms with van der Waals surface area (Å²) in [5.74, 6) is -0.110. The minimum Gasteiger partial charge on any atom is -0.395 e. The second-order valence-electron chi connectivity index (χ2n) is 4.15. The van der Waals surface area contributed by atoms with Gasteiger partial charge >= 0.3 is 0 Å². The fraction of sp³-hybridized carbons (Fsp3) is 0.462. The molecule has 0 aliphatic rings. The maximum absolute atomic E-state index is 11.7. The summed E-state index contributed by atoms with van der Waals surface area (Å²) in [6.07, 6.45) is 0. The smallest absolute Gasteiger partial charge is 0.235 e. The lowest BCUT2D eigenvalue weighted by molar-refractivity contribution is -0.120. The number of aryl methyl sites for hydroxylation is 1. The Hall–Kier alpha value is -1.20. The SMILES string of the molecule is Cc1ccc(CNC(=O)C(C)S(=O)CCO)cc1. The minimum absolute atomic E-state index is 0.138. The van der Waals surface area contributed by atoms with Crippen molar-refractivity contribution >= 4 is 16.7 Å². The van der Waals surface area contributed by atoms with Crippen LogP contribution in [0.15, 0.2) is 24.3 Å². The predicted octanol–water partition coefficient (Wildman–Crippen LogP) is 0.741. The monoisotopic (exact) mass is 269 g/mol. The molecule has 100 valence electrons. The lowest BCUT2D eigenvalue weighted by Gasteiger charge is -2.11. The molecule has 0 heterocycles. The highest BCUT2D eigenvalue weighted by Gasteiger charge is 2.18. The second kappa shape index (κ2) is 7.28. The first-order valence-corrected chi connectivity index (χ1v) is 7.24. The number of benzene rings is 1. The maximum atomic E-state index is 11.7. The molecule has 1 aromatic rings. The molecule has 1 rings (SSSR count). The molecule has 1 amide bonds. The Bertz CT molecular complexity index is 417. The molecule has 5 heteroatoms. The summed E-state index contributed by atoms with van der Waals surface area (Å²) in [6, 6.07) is 7.86. The Morgan fingerprint density at radius 2 is 2.00 bits per heavy atom. The molecule has 0 spiro atoms. The van der Waals surface area contributed by atoms with Crippen molar-refractivity contribution in [2.24, 2.45) is 0 Å². The van der Waals surface area contributed by atoms with Gasteiger partial charge in [0.05, 0.1) is 6.61 Å². The lowest BCUT2D eigenvalue weighted by atomic mass is 10.1. The number of carbonyl (C=O) groups is 1. The van der Waals surface area contributed by atoms with Crippen molar-refractivity contribution in [3.8, 4) is 0 Å². The number of aliphatic hydroxyl groups excluding tert-OH is 1. The van der Waals surface area contributed by atoms with E-state index in [1.807, 2.05) is 31.2 Å². The molecule has 4 nitrogen and oxygen atoms in total. The van der Waals surface area contributed by atoms with Crippen LogP contribution in [0.5, 0.6) is 0 Å². The first-order valence-electron chi connectivity index (χ1n) is 5.86. The van der Waals surface area contributed by atoms with E-state index in [0.29, 0.717) is 6.54 Å². The van der Waals surface area contributed by atoms with E-state index in [0.717, 1.165) is 5.56 Å². The van der Waals surface area contributed by atoms with E-state index >= 15 is 0 Å². The molecule has 2 N–H and O–H groups in total. The van der Waals surface area contributed by atoms with Gasteiger partial charge in [0.25, 0.3) is 0 Å². The summed E-state index contributed by atoms with van der Waals surface area (Å²) in [5, 5.41) is 10.8. The molecule has 18 heavy (non-hydrogen) atoms. The molecule has 1 aromatic carbocycles. The Balaban J connectivity index is 2.45. The Morgan fingerprint density at radius 3 is 2.56 bits per heavy atom. The highest BCUT2D eigenvalue weighted by molar-refractivity contribution is 7.86. The van der Waals surface area contributed by atoms with Gasteiger partial charge in [0.1, 0.15) is 5.25 Å². The zero-order valence-electron chi connectivity index (χ0n) is 10.7. The highest BCUT2D eigenvalue weighted by atomic mass is 32.2. The third kappa shape index (κ3) is 4.58. The number of aliphatic hydroxyl groups is 1. The molecule has 2 atom stereocenters. The zero-order chi connectivity index (χ0) is 13.5. The van der Waals surface area contributed by atoms with Crippen LogP contribution in [0.25, 0.3) is 0 Å². The average molecular weight is 269 g/mol. The number of hydrogen-bond donors (Lipinski definition) is 2. The van der Waals surface area contributed by atoms with Gasteiger partial charge in [-0.25, -0.2) is 0 Å². The van der Waals surface area contributed by atoms with Crippen LogP contribution in [0.4, 0.5) is 0 Å². The number of nitrogens with one attached hydrogen (secondary N) is 1. The van der Waals surface area contributed by atoms with Gasteiger partial charge in [0.2, 0.25) is 5.91 Å². The van der Waals surface area contributed by atoms with Crippen molar-refractivity contribution in [1.82, 2.24) is 5.32 Å². The molecular formula is C13H19NO3S. The number of rotatable bonds is 6. The standard InChI is InChI=1S/C13H19NO3S/c1-10-3-5-12(6-4-10)9-14-13(16)11(2)18(17)8-7-15/h3-6,11,15H,7-9H2,1-2H3,(H,14,16). The van der Waals surface area contributed by atoms with Gasteiger partial charge in [0, 0.05) is 23.1 Å². The molecule has 0 radical (unpaired) electrons. The molecule has 0 aliphatic carbocycles. The van der Waals surface area contributed by atoms with E-state index in [1.165, 1.54) is 5.56 Å². The highest BCUT2D eigenvalue weighted by Crippen LogP contribution is 2.03. The van der Waals surface area contributed by atoms with Crippen LogP contribution < -0.4 is 5.32 Å². The van der Waals surface area contributed by atoms with E-state index < -0.39 is 16.0 Å². The van der Waals surface area contributed by atoms with Gasteiger partial charge < -0.3 is 10.4 Å². The van der Waals surface area contributed by atoms with Crippen molar-refractivity contribution in [1.29, 1.82) is 0 Å². The van der Waals surface area contributed by atoms with Gasteiger partial charge in [-0.3, -0.25) is 9.00 Å². The third-order valence-corrected chi connectivity index (χ3v) is 4.23. The summed E-state index contributed by atoms with van der Waals surface area (Å²) >= 11 is 0. The Labute approximate surface area is 110 Å². The van der Waals surface area contributed by atoms with Gasteiger partial charge in [-0.2, -0.15) is 0 Å². The van der Waals surface area contributed by atoms with E-state index in [2.05, 4.69) is 5.32 Å². The van der Waals surface area contributed by atoms with Crippen LogP contribution in [0.3, 0.4) is 0 Å². The van der Waals surface area contributed by atoms with Crippen LogP contribution in [-0.2, 0) is 22.1 Å². The minimum atomic E-state index is -1.32. The molecular weight excluding hydrogens is 250 g/mol. The summed E-state index contributed by atoms with van der Waals surface area (Å²) < 4.78 is 11.5. The topological polar surface area (TPSA) is 66.4 Å². The van der Waals surface area contributed by atoms with Gasteiger partial charge in [-0.15, -0.1) is 0 Å².